The number of aromatic nitrogens is 1. The van der Waals surface area contributed by atoms with Crippen molar-refractivity contribution < 1.29 is 14.3 Å². The average Bonchev–Trinajstić information content (AvgIpc) is 2.82. The van der Waals surface area contributed by atoms with E-state index in [-0.39, 0.29) is 5.76 Å². The predicted octanol–water partition coefficient (Wildman–Crippen LogP) is 2.17. The van der Waals surface area contributed by atoms with Crippen LogP contribution in [0.4, 0.5) is 0 Å². The van der Waals surface area contributed by atoms with Crippen molar-refractivity contribution in [2.24, 2.45) is 12.0 Å². The van der Waals surface area contributed by atoms with Crippen LogP contribution in [-0.2, 0) is 21.3 Å². The summed E-state index contributed by atoms with van der Waals surface area (Å²) < 4.78 is 13.5. The Morgan fingerprint density at radius 1 is 1.29 bits per heavy atom. The fourth-order valence-electron chi connectivity index (χ4n) is 2.29. The quantitative estimate of drug-likeness (QED) is 0.811. The van der Waals surface area contributed by atoms with Gasteiger partial charge in [0, 0.05) is 7.05 Å². The average molecular weight is 304 g/mol. The van der Waals surface area contributed by atoms with E-state index in [0.29, 0.717) is 18.0 Å². The van der Waals surface area contributed by atoms with Crippen LogP contribution in [0, 0.1) is 13.8 Å². The maximum Gasteiger partial charge on any atom is 0.317 e. The van der Waals surface area contributed by atoms with Crippen molar-refractivity contribution in [1.82, 2.24) is 4.57 Å². The van der Waals surface area contributed by atoms with Crippen LogP contribution in [0.15, 0.2) is 29.1 Å². The summed E-state index contributed by atoms with van der Waals surface area (Å²) in [6.45, 7) is 4.96. The molecule has 6 heteroatoms. The van der Waals surface area contributed by atoms with Gasteiger partial charge in [-0.1, -0.05) is 23.5 Å². The Kier molecular flexibility index (Phi) is 3.55. The number of ether oxygens (including phenoxy) is 2. The number of benzene rings is 1. The van der Waals surface area contributed by atoms with E-state index in [1.807, 2.05) is 11.6 Å². The first kappa shape index (κ1) is 13.9. The van der Waals surface area contributed by atoms with Crippen LogP contribution in [0.1, 0.15) is 11.1 Å². The van der Waals surface area contributed by atoms with E-state index in [2.05, 4.69) is 31.0 Å². The van der Waals surface area contributed by atoms with Crippen molar-refractivity contribution >= 4 is 27.5 Å². The van der Waals surface area contributed by atoms with E-state index in [4.69, 9.17) is 9.47 Å². The number of carbonyl (C=O) groups excluding carboxylic acids is 1. The lowest BCUT2D eigenvalue weighted by molar-refractivity contribution is -0.119. The van der Waals surface area contributed by atoms with Crippen LogP contribution in [0.2, 0.25) is 0 Å². The van der Waals surface area contributed by atoms with Crippen molar-refractivity contribution in [1.29, 1.82) is 0 Å². The second kappa shape index (κ2) is 5.37. The molecule has 21 heavy (non-hydrogen) atoms. The molecule has 1 aliphatic heterocycles. The summed E-state index contributed by atoms with van der Waals surface area (Å²) in [6.07, 6.45) is 1.33. The fourth-order valence-corrected chi connectivity index (χ4v) is 3.45. The molecule has 0 bridgehead atoms. The molecule has 0 fully saturated rings. The molecule has 2 aromatic rings. The Morgan fingerprint density at radius 2 is 2.05 bits per heavy atom. The molecular weight excluding hydrogens is 288 g/mol. The highest BCUT2D eigenvalue weighted by molar-refractivity contribution is 7.16. The van der Waals surface area contributed by atoms with Gasteiger partial charge in [-0.15, -0.1) is 0 Å². The zero-order chi connectivity index (χ0) is 15.0. The Morgan fingerprint density at radius 3 is 2.71 bits per heavy atom. The molecule has 1 aromatic heterocycles. The Hall–Kier alpha value is -2.08. The van der Waals surface area contributed by atoms with Gasteiger partial charge in [0.15, 0.2) is 4.80 Å². The number of rotatable bonds is 1. The monoisotopic (exact) mass is 304 g/mol. The van der Waals surface area contributed by atoms with Gasteiger partial charge in [0.05, 0.1) is 10.2 Å². The number of hydrogen-bond donors (Lipinski definition) is 0. The van der Waals surface area contributed by atoms with Gasteiger partial charge >= 0.3 is 5.91 Å². The molecule has 0 saturated carbocycles. The number of thiazole rings is 1. The summed E-state index contributed by atoms with van der Waals surface area (Å²) >= 11 is 1.51. The third kappa shape index (κ3) is 2.47. The standard InChI is InChI=1S/C15H16N2O3S/c1-9-4-5-10(2)13-12(9)17(3)15(21-13)16-14(18)11-8-19-6-7-20-11/h4-5,8H,6-7H2,1-3H3. The van der Waals surface area contributed by atoms with Gasteiger partial charge in [-0.3, -0.25) is 4.79 Å². The normalized spacial score (nSPS) is 15.6. The number of hydrogen-bond acceptors (Lipinski definition) is 4. The SMILES string of the molecule is Cc1ccc(C)c2c1sc(=NC(=O)C1=COCCO1)n2C. The molecular formula is C15H16N2O3S. The first-order valence-corrected chi connectivity index (χ1v) is 7.49. The highest BCUT2D eigenvalue weighted by Gasteiger charge is 2.15. The smallest absolute Gasteiger partial charge is 0.317 e. The van der Waals surface area contributed by atoms with E-state index >= 15 is 0 Å². The number of amides is 1. The van der Waals surface area contributed by atoms with Gasteiger partial charge in [-0.05, 0) is 25.0 Å². The van der Waals surface area contributed by atoms with E-state index in [1.165, 1.54) is 28.7 Å². The van der Waals surface area contributed by atoms with Gasteiger partial charge in [0.1, 0.15) is 19.5 Å². The summed E-state index contributed by atoms with van der Waals surface area (Å²) in [7, 11) is 1.92. The van der Waals surface area contributed by atoms with Crippen molar-refractivity contribution in [2.75, 3.05) is 13.2 Å². The molecule has 0 atom stereocenters. The Balaban J connectivity index is 2.12. The molecule has 110 valence electrons. The Bertz CT molecular complexity index is 814. The van der Waals surface area contributed by atoms with Crippen molar-refractivity contribution in [3.63, 3.8) is 0 Å². The van der Waals surface area contributed by atoms with Crippen molar-refractivity contribution in [3.8, 4) is 0 Å². The largest absolute Gasteiger partial charge is 0.494 e. The summed E-state index contributed by atoms with van der Waals surface area (Å²) in [5.74, 6) is -0.251. The third-order valence-corrected chi connectivity index (χ3v) is 4.67. The topological polar surface area (TPSA) is 52.8 Å². The van der Waals surface area contributed by atoms with Crippen molar-refractivity contribution in [2.45, 2.75) is 13.8 Å². The molecule has 1 amide bonds. The fraction of sp³-hybridized carbons (Fsp3) is 0.333. The van der Waals surface area contributed by atoms with E-state index in [0.717, 1.165) is 10.2 Å². The van der Waals surface area contributed by atoms with E-state index in [9.17, 15) is 4.79 Å². The van der Waals surface area contributed by atoms with E-state index < -0.39 is 5.91 Å². The summed E-state index contributed by atoms with van der Waals surface area (Å²) in [4.78, 5) is 16.9. The molecule has 1 aliphatic rings. The van der Waals surface area contributed by atoms with Crippen LogP contribution < -0.4 is 4.80 Å². The molecule has 0 radical (unpaired) electrons. The molecule has 0 spiro atoms. The lowest BCUT2D eigenvalue weighted by Crippen LogP contribution is -2.18. The first-order valence-electron chi connectivity index (χ1n) is 6.67. The second-order valence-corrected chi connectivity index (χ2v) is 5.92. The summed E-state index contributed by atoms with van der Waals surface area (Å²) in [5.41, 5.74) is 3.46. The van der Waals surface area contributed by atoms with Crippen LogP contribution in [-0.4, -0.2) is 23.7 Å². The van der Waals surface area contributed by atoms with Gasteiger partial charge in [-0.25, -0.2) is 0 Å². The van der Waals surface area contributed by atoms with Crippen LogP contribution in [0.25, 0.3) is 10.2 Å². The highest BCUT2D eigenvalue weighted by atomic mass is 32.1. The van der Waals surface area contributed by atoms with Crippen molar-refractivity contribution in [3.05, 3.63) is 40.1 Å². The maximum atomic E-state index is 12.1. The number of fused-ring (bicyclic) bond motifs is 1. The highest BCUT2D eigenvalue weighted by Crippen LogP contribution is 2.24. The molecule has 2 heterocycles. The third-order valence-electron chi connectivity index (χ3n) is 3.40. The maximum absolute atomic E-state index is 12.1. The zero-order valence-electron chi connectivity index (χ0n) is 12.2. The molecule has 0 unspecified atom stereocenters. The van der Waals surface area contributed by atoms with Gasteiger partial charge in [-0.2, -0.15) is 4.99 Å². The Labute approximate surface area is 126 Å². The van der Waals surface area contributed by atoms with Gasteiger partial charge in [0.2, 0.25) is 5.76 Å². The van der Waals surface area contributed by atoms with Gasteiger partial charge < -0.3 is 14.0 Å². The molecule has 5 nitrogen and oxygen atoms in total. The van der Waals surface area contributed by atoms with E-state index in [1.54, 1.807) is 0 Å². The molecule has 3 rings (SSSR count). The lowest BCUT2D eigenvalue weighted by atomic mass is 10.1. The van der Waals surface area contributed by atoms with Crippen LogP contribution in [0.5, 0.6) is 0 Å². The zero-order valence-corrected chi connectivity index (χ0v) is 13.0. The van der Waals surface area contributed by atoms with Crippen LogP contribution >= 0.6 is 11.3 Å². The number of nitrogens with zero attached hydrogens (tertiary/aromatic N) is 2. The molecule has 1 aromatic carbocycles. The molecule has 0 saturated heterocycles. The summed E-state index contributed by atoms with van der Waals surface area (Å²) in [5, 5.41) is 0. The first-order chi connectivity index (χ1) is 10.1. The summed E-state index contributed by atoms with van der Waals surface area (Å²) in [6, 6.07) is 4.16. The minimum absolute atomic E-state index is 0.159. The lowest BCUT2D eigenvalue weighted by Gasteiger charge is -2.12. The molecule has 0 aliphatic carbocycles. The van der Waals surface area contributed by atoms with Crippen LogP contribution in [0.3, 0.4) is 0 Å². The van der Waals surface area contributed by atoms with Gasteiger partial charge in [0.25, 0.3) is 0 Å². The second-order valence-electron chi connectivity index (χ2n) is 4.94. The minimum Gasteiger partial charge on any atom is -0.494 e. The molecule has 0 N–H and O–H groups in total. The number of carbonyl (C=O) groups is 1. The number of aryl methyl sites for hydroxylation is 3. The predicted molar refractivity (Wildman–Crippen MR) is 80.8 cm³/mol. The minimum atomic E-state index is -0.410.